The zero-order valence-corrected chi connectivity index (χ0v) is 24.8. The molecule has 0 aliphatic heterocycles. The van der Waals surface area contributed by atoms with Crippen LogP contribution in [0.5, 0.6) is 5.75 Å². The van der Waals surface area contributed by atoms with Gasteiger partial charge in [-0.05, 0) is 41.3 Å². The van der Waals surface area contributed by atoms with Crippen molar-refractivity contribution in [3.8, 4) is 5.75 Å². The van der Waals surface area contributed by atoms with E-state index in [0.717, 1.165) is 10.9 Å². The summed E-state index contributed by atoms with van der Waals surface area (Å²) in [5.41, 5.74) is 14.4. The fraction of sp³-hybridized carbons (Fsp3) is 0.242. The number of fused-ring (bicyclic) bond motifs is 1. The summed E-state index contributed by atoms with van der Waals surface area (Å²) in [5.74, 6) is -4.57. The first kappa shape index (κ1) is 33.2. The van der Waals surface area contributed by atoms with E-state index in [-0.39, 0.29) is 25.0 Å². The Morgan fingerprint density at radius 2 is 1.28 bits per heavy atom. The summed E-state index contributed by atoms with van der Waals surface area (Å²) in [6.45, 7) is 0. The van der Waals surface area contributed by atoms with E-state index >= 15 is 0 Å². The first-order chi connectivity index (χ1) is 22.0. The minimum Gasteiger partial charge on any atom is -0.508 e. The highest BCUT2D eigenvalue weighted by molar-refractivity contribution is 5.96. The number of aromatic amines is 1. The molecule has 4 rings (SSSR count). The number of aliphatic carboxylic acids is 1. The Kier molecular flexibility index (Phi) is 11.1. The maximum atomic E-state index is 13.7. The van der Waals surface area contributed by atoms with Crippen LogP contribution in [-0.4, -0.2) is 69.0 Å². The molecular weight excluding hydrogens is 592 g/mol. The number of carbonyl (C=O) groups excluding carboxylic acids is 4. The molecule has 0 spiro atoms. The van der Waals surface area contributed by atoms with Gasteiger partial charge in [-0.25, -0.2) is 4.79 Å². The number of aromatic hydroxyl groups is 1. The summed E-state index contributed by atoms with van der Waals surface area (Å²) in [5, 5.41) is 27.6. The van der Waals surface area contributed by atoms with Gasteiger partial charge in [0, 0.05) is 29.9 Å². The average molecular weight is 629 g/mol. The van der Waals surface area contributed by atoms with Crippen LogP contribution in [0.2, 0.25) is 0 Å². The van der Waals surface area contributed by atoms with Crippen LogP contribution in [-0.2, 0) is 43.2 Å². The fourth-order valence-corrected chi connectivity index (χ4v) is 4.99. The molecule has 3 aromatic carbocycles. The molecule has 13 nitrogen and oxygen atoms in total. The van der Waals surface area contributed by atoms with Crippen molar-refractivity contribution in [2.24, 2.45) is 11.5 Å². The minimum atomic E-state index is -1.53. The highest BCUT2D eigenvalue weighted by Gasteiger charge is 2.32. The Hall–Kier alpha value is -5.69. The van der Waals surface area contributed by atoms with Gasteiger partial charge in [-0.3, -0.25) is 19.2 Å². The molecule has 1 aromatic heterocycles. The van der Waals surface area contributed by atoms with Gasteiger partial charge in [0.05, 0.1) is 12.5 Å². The number of primary amides is 1. The molecule has 4 unspecified atom stereocenters. The molecule has 0 aliphatic carbocycles. The van der Waals surface area contributed by atoms with Gasteiger partial charge in [0.2, 0.25) is 23.6 Å². The number of para-hydroxylation sites is 1. The largest absolute Gasteiger partial charge is 0.508 e. The smallest absolute Gasteiger partial charge is 0.326 e. The van der Waals surface area contributed by atoms with Crippen molar-refractivity contribution < 1.29 is 34.2 Å². The number of carboxylic acid groups (broad SMARTS) is 1. The van der Waals surface area contributed by atoms with Crippen LogP contribution < -0.4 is 27.4 Å². The monoisotopic (exact) mass is 628 g/mol. The minimum absolute atomic E-state index is 0.00974. The van der Waals surface area contributed by atoms with Gasteiger partial charge in [0.25, 0.3) is 0 Å². The Morgan fingerprint density at radius 3 is 1.96 bits per heavy atom. The van der Waals surface area contributed by atoms with Crippen LogP contribution in [0, 0.1) is 0 Å². The van der Waals surface area contributed by atoms with E-state index in [4.69, 9.17) is 11.5 Å². The molecular formula is C33H36N6O7. The third kappa shape index (κ3) is 9.16. The number of carboxylic acids is 1. The van der Waals surface area contributed by atoms with E-state index in [1.54, 1.807) is 48.7 Å². The molecule has 0 aliphatic rings. The number of hydrogen-bond acceptors (Lipinski definition) is 7. The lowest BCUT2D eigenvalue weighted by atomic mass is 10.0. The predicted octanol–water partition coefficient (Wildman–Crippen LogP) is 0.643. The lowest BCUT2D eigenvalue weighted by Gasteiger charge is -2.25. The van der Waals surface area contributed by atoms with E-state index in [0.29, 0.717) is 16.7 Å². The van der Waals surface area contributed by atoms with Crippen molar-refractivity contribution >= 4 is 40.5 Å². The van der Waals surface area contributed by atoms with Gasteiger partial charge in [-0.15, -0.1) is 0 Å². The number of carbonyl (C=O) groups is 5. The molecule has 4 amide bonds. The van der Waals surface area contributed by atoms with Crippen molar-refractivity contribution in [2.75, 3.05) is 0 Å². The summed E-state index contributed by atoms with van der Waals surface area (Å²) >= 11 is 0. The van der Waals surface area contributed by atoms with Crippen LogP contribution in [0.15, 0.2) is 85.1 Å². The second-order valence-corrected chi connectivity index (χ2v) is 10.9. The van der Waals surface area contributed by atoms with E-state index in [2.05, 4.69) is 20.9 Å². The topological polar surface area (TPSA) is 230 Å². The maximum absolute atomic E-state index is 13.7. The van der Waals surface area contributed by atoms with Gasteiger partial charge in [0.15, 0.2) is 0 Å². The summed E-state index contributed by atoms with van der Waals surface area (Å²) < 4.78 is 0. The normalized spacial score (nSPS) is 13.6. The van der Waals surface area contributed by atoms with Gasteiger partial charge in [-0.2, -0.15) is 0 Å². The van der Waals surface area contributed by atoms with Crippen molar-refractivity contribution in [3.63, 3.8) is 0 Å². The first-order valence-corrected chi connectivity index (χ1v) is 14.5. The molecule has 1 heterocycles. The van der Waals surface area contributed by atoms with Crippen LogP contribution in [0.3, 0.4) is 0 Å². The third-order valence-electron chi connectivity index (χ3n) is 7.40. The molecule has 46 heavy (non-hydrogen) atoms. The zero-order chi connectivity index (χ0) is 33.2. The molecule has 4 aromatic rings. The second kappa shape index (κ2) is 15.3. The van der Waals surface area contributed by atoms with Crippen LogP contribution >= 0.6 is 0 Å². The highest BCUT2D eigenvalue weighted by atomic mass is 16.4. The van der Waals surface area contributed by atoms with Gasteiger partial charge >= 0.3 is 5.97 Å². The van der Waals surface area contributed by atoms with E-state index in [1.807, 2.05) is 24.3 Å². The number of amides is 4. The number of hydrogen-bond donors (Lipinski definition) is 8. The van der Waals surface area contributed by atoms with Crippen molar-refractivity contribution in [2.45, 2.75) is 49.9 Å². The van der Waals surface area contributed by atoms with E-state index in [1.165, 1.54) is 12.1 Å². The molecule has 240 valence electrons. The standard InChI is InChI=1S/C33H36N6O7/c34-24(14-20-10-12-22(40)13-11-20)30(42)37-26(16-21-18-36-25-9-5-4-8-23(21)25)31(43)38-27(17-29(35)41)32(44)39-28(33(45)46)15-19-6-2-1-3-7-19/h1-13,18,24,26-28,36,40H,14-17,34H2,(H2,35,41)(H,37,42)(H,38,43)(H,39,44)(H,45,46). The Bertz CT molecular complexity index is 1690. The SMILES string of the molecule is NC(=O)CC(NC(=O)C(Cc1c[nH]c2ccccc12)NC(=O)C(N)Cc1ccc(O)cc1)C(=O)NC(Cc1ccccc1)C(=O)O. The van der Waals surface area contributed by atoms with Crippen LogP contribution in [0.25, 0.3) is 10.9 Å². The molecule has 13 heteroatoms. The average Bonchev–Trinajstić information content (AvgIpc) is 3.44. The van der Waals surface area contributed by atoms with Crippen molar-refractivity contribution in [3.05, 3.63) is 102 Å². The molecule has 10 N–H and O–H groups in total. The number of phenols is 1. The molecule has 0 fully saturated rings. The highest BCUT2D eigenvalue weighted by Crippen LogP contribution is 2.19. The number of nitrogens with two attached hydrogens (primary N) is 2. The number of aromatic nitrogens is 1. The van der Waals surface area contributed by atoms with Gasteiger partial charge in [-0.1, -0.05) is 60.7 Å². The lowest BCUT2D eigenvalue weighted by molar-refractivity contribution is -0.142. The summed E-state index contributed by atoms with van der Waals surface area (Å²) in [4.78, 5) is 67.2. The van der Waals surface area contributed by atoms with Crippen molar-refractivity contribution in [1.29, 1.82) is 0 Å². The fourth-order valence-electron chi connectivity index (χ4n) is 4.99. The van der Waals surface area contributed by atoms with Crippen LogP contribution in [0.1, 0.15) is 23.1 Å². The first-order valence-electron chi connectivity index (χ1n) is 14.5. The van der Waals surface area contributed by atoms with Gasteiger partial charge in [0.1, 0.15) is 23.9 Å². The molecule has 0 radical (unpaired) electrons. The summed E-state index contributed by atoms with van der Waals surface area (Å²) in [7, 11) is 0. The maximum Gasteiger partial charge on any atom is 0.326 e. The number of phenolic OH excluding ortho intramolecular Hbond substituents is 1. The van der Waals surface area contributed by atoms with E-state index in [9.17, 15) is 34.2 Å². The van der Waals surface area contributed by atoms with E-state index < -0.39 is 60.2 Å². The molecule has 0 saturated heterocycles. The van der Waals surface area contributed by atoms with Crippen LogP contribution in [0.4, 0.5) is 0 Å². The number of benzene rings is 3. The zero-order valence-electron chi connectivity index (χ0n) is 24.8. The Morgan fingerprint density at radius 1 is 0.696 bits per heavy atom. The Balaban J connectivity index is 1.54. The predicted molar refractivity (Wildman–Crippen MR) is 169 cm³/mol. The molecule has 4 atom stereocenters. The summed E-state index contributed by atoms with van der Waals surface area (Å²) in [6.07, 6.45) is 1.13. The number of rotatable bonds is 15. The third-order valence-corrected chi connectivity index (χ3v) is 7.40. The van der Waals surface area contributed by atoms with Gasteiger partial charge < -0.3 is 42.6 Å². The molecule has 0 saturated carbocycles. The Labute approximate surface area is 264 Å². The number of H-pyrrole nitrogens is 1. The summed E-state index contributed by atoms with van der Waals surface area (Å²) in [6, 6.07) is 16.9. The van der Waals surface area contributed by atoms with Crippen molar-refractivity contribution in [1.82, 2.24) is 20.9 Å². The quantitative estimate of drug-likeness (QED) is 0.0929. The second-order valence-electron chi connectivity index (χ2n) is 10.9. The molecule has 0 bridgehead atoms. The number of nitrogens with one attached hydrogen (secondary N) is 4. The lowest BCUT2D eigenvalue weighted by Crippen LogP contribution is -2.58.